The third-order valence-corrected chi connectivity index (χ3v) is 1.75. The summed E-state index contributed by atoms with van der Waals surface area (Å²) in [6, 6.07) is 4.93. The van der Waals surface area contributed by atoms with Crippen molar-refractivity contribution in [3.8, 4) is 0 Å². The minimum Gasteiger partial charge on any atom is -0.479 e. The lowest BCUT2D eigenvalue weighted by Crippen LogP contribution is -2.37. The first-order valence-electron chi connectivity index (χ1n) is 4.96. The summed E-state index contributed by atoms with van der Waals surface area (Å²) in [6.45, 7) is -0.188. The standard InChI is InChI=1S/C10H13N3O4/c14-9(15)7-17-13-10(16)12-6-4-8-3-1-2-5-11-8/h1-3,5H,4,6-7H2,(H,14,15)(H2,12,13,16). The maximum absolute atomic E-state index is 11.1. The van der Waals surface area contributed by atoms with Crippen LogP contribution < -0.4 is 10.8 Å². The Morgan fingerprint density at radius 1 is 1.41 bits per heavy atom. The number of rotatable bonds is 6. The van der Waals surface area contributed by atoms with Crippen LogP contribution in [-0.4, -0.2) is 35.2 Å². The zero-order valence-corrected chi connectivity index (χ0v) is 9.05. The smallest absolute Gasteiger partial charge is 0.338 e. The number of carboxylic acid groups (broad SMARTS) is 1. The normalized spacial score (nSPS) is 9.65. The molecule has 0 saturated carbocycles. The minimum absolute atomic E-state index is 0.388. The number of carbonyl (C=O) groups excluding carboxylic acids is 1. The van der Waals surface area contributed by atoms with Gasteiger partial charge in [0, 0.05) is 24.9 Å². The highest BCUT2D eigenvalue weighted by molar-refractivity contribution is 5.73. The van der Waals surface area contributed by atoms with E-state index in [1.54, 1.807) is 6.20 Å². The van der Waals surface area contributed by atoms with Crippen LogP contribution in [0.1, 0.15) is 5.69 Å². The molecule has 0 fully saturated rings. The van der Waals surface area contributed by atoms with Gasteiger partial charge in [0.2, 0.25) is 0 Å². The Bertz CT molecular complexity index is 369. The molecular weight excluding hydrogens is 226 g/mol. The van der Waals surface area contributed by atoms with Crippen LogP contribution in [0.5, 0.6) is 0 Å². The van der Waals surface area contributed by atoms with Crippen molar-refractivity contribution in [2.45, 2.75) is 6.42 Å². The van der Waals surface area contributed by atoms with Crippen molar-refractivity contribution in [2.75, 3.05) is 13.2 Å². The van der Waals surface area contributed by atoms with Crippen molar-refractivity contribution < 1.29 is 19.5 Å². The molecule has 0 saturated heterocycles. The lowest BCUT2D eigenvalue weighted by Gasteiger charge is -2.06. The maximum atomic E-state index is 11.1. The number of nitrogens with zero attached hydrogens (tertiary/aromatic N) is 1. The molecule has 1 aromatic rings. The molecular formula is C10H13N3O4. The number of carboxylic acids is 1. The molecule has 17 heavy (non-hydrogen) atoms. The summed E-state index contributed by atoms with van der Waals surface area (Å²) in [5.41, 5.74) is 2.81. The van der Waals surface area contributed by atoms with E-state index in [0.29, 0.717) is 13.0 Å². The monoisotopic (exact) mass is 239 g/mol. The molecule has 0 spiro atoms. The summed E-state index contributed by atoms with van der Waals surface area (Å²) in [5.74, 6) is -1.15. The minimum atomic E-state index is -1.15. The van der Waals surface area contributed by atoms with Crippen molar-refractivity contribution in [1.29, 1.82) is 0 Å². The van der Waals surface area contributed by atoms with Crippen LogP contribution in [0.25, 0.3) is 0 Å². The summed E-state index contributed by atoms with van der Waals surface area (Å²) in [7, 11) is 0. The van der Waals surface area contributed by atoms with E-state index in [1.807, 2.05) is 23.7 Å². The molecule has 7 nitrogen and oxygen atoms in total. The number of hydroxylamine groups is 1. The zero-order chi connectivity index (χ0) is 12.5. The number of urea groups is 1. The highest BCUT2D eigenvalue weighted by atomic mass is 16.7. The quantitative estimate of drug-likeness (QED) is 0.604. The number of aromatic nitrogens is 1. The number of amides is 2. The van der Waals surface area contributed by atoms with Gasteiger partial charge in [-0.1, -0.05) is 6.07 Å². The molecule has 0 unspecified atom stereocenters. The number of carbonyl (C=O) groups is 2. The summed E-state index contributed by atoms with van der Waals surface area (Å²) < 4.78 is 0. The molecule has 0 bridgehead atoms. The van der Waals surface area contributed by atoms with Crippen LogP contribution in [0.3, 0.4) is 0 Å². The predicted molar refractivity (Wildman–Crippen MR) is 58.1 cm³/mol. The number of aliphatic carboxylic acids is 1. The largest absolute Gasteiger partial charge is 0.479 e. The lowest BCUT2D eigenvalue weighted by molar-refractivity contribution is -0.144. The number of pyridine rings is 1. The Labute approximate surface area is 97.8 Å². The van der Waals surface area contributed by atoms with Crippen LogP contribution in [-0.2, 0) is 16.1 Å². The topological polar surface area (TPSA) is 101 Å². The maximum Gasteiger partial charge on any atom is 0.338 e. The van der Waals surface area contributed by atoms with Crippen molar-refractivity contribution in [3.63, 3.8) is 0 Å². The third kappa shape index (κ3) is 6.10. The van der Waals surface area contributed by atoms with E-state index in [0.717, 1.165) is 5.69 Å². The van der Waals surface area contributed by atoms with Crippen LogP contribution in [0.15, 0.2) is 24.4 Å². The van der Waals surface area contributed by atoms with Crippen LogP contribution in [0.4, 0.5) is 4.79 Å². The van der Waals surface area contributed by atoms with Crippen LogP contribution in [0.2, 0.25) is 0 Å². The van der Waals surface area contributed by atoms with Gasteiger partial charge in [0.05, 0.1) is 0 Å². The molecule has 0 aliphatic carbocycles. The van der Waals surface area contributed by atoms with Crippen LogP contribution in [0, 0.1) is 0 Å². The third-order valence-electron chi connectivity index (χ3n) is 1.75. The number of hydrogen-bond acceptors (Lipinski definition) is 4. The van der Waals surface area contributed by atoms with Gasteiger partial charge in [-0.15, -0.1) is 0 Å². The van der Waals surface area contributed by atoms with E-state index in [-0.39, 0.29) is 0 Å². The Morgan fingerprint density at radius 2 is 2.24 bits per heavy atom. The van der Waals surface area contributed by atoms with E-state index in [2.05, 4.69) is 15.1 Å². The zero-order valence-electron chi connectivity index (χ0n) is 9.05. The van der Waals surface area contributed by atoms with Gasteiger partial charge in [0.25, 0.3) is 0 Å². The average molecular weight is 239 g/mol. The molecule has 3 N–H and O–H groups in total. The van der Waals surface area contributed by atoms with Crippen molar-refractivity contribution in [3.05, 3.63) is 30.1 Å². The van der Waals surface area contributed by atoms with E-state index in [9.17, 15) is 9.59 Å². The SMILES string of the molecule is O=C(O)CONC(=O)NCCc1ccccn1. The number of nitrogens with one attached hydrogen (secondary N) is 2. The van der Waals surface area contributed by atoms with E-state index in [4.69, 9.17) is 5.11 Å². The number of hydrogen-bond donors (Lipinski definition) is 3. The Balaban J connectivity index is 2.10. The fourth-order valence-electron chi connectivity index (χ4n) is 1.05. The molecule has 1 aromatic heterocycles. The Morgan fingerprint density at radius 3 is 2.88 bits per heavy atom. The predicted octanol–water partition coefficient (Wildman–Crippen LogP) is -0.0605. The summed E-state index contributed by atoms with van der Waals surface area (Å²) in [5, 5.41) is 10.7. The van der Waals surface area contributed by atoms with Gasteiger partial charge in [-0.2, -0.15) is 0 Å². The van der Waals surface area contributed by atoms with Gasteiger partial charge in [0.1, 0.15) is 0 Å². The summed E-state index contributed by atoms with van der Waals surface area (Å²) in [4.78, 5) is 29.6. The van der Waals surface area contributed by atoms with E-state index in [1.165, 1.54) is 0 Å². The highest BCUT2D eigenvalue weighted by Crippen LogP contribution is 1.92. The molecule has 0 aliphatic heterocycles. The first kappa shape index (κ1) is 12.9. The van der Waals surface area contributed by atoms with Crippen LogP contribution >= 0.6 is 0 Å². The summed E-state index contributed by atoms with van der Waals surface area (Å²) in [6.07, 6.45) is 2.26. The molecule has 0 aromatic carbocycles. The average Bonchev–Trinajstić information content (AvgIpc) is 2.30. The lowest BCUT2D eigenvalue weighted by atomic mass is 10.3. The van der Waals surface area contributed by atoms with E-state index >= 15 is 0 Å². The summed E-state index contributed by atoms with van der Waals surface area (Å²) >= 11 is 0. The van der Waals surface area contributed by atoms with Gasteiger partial charge in [0.15, 0.2) is 6.61 Å². The molecule has 0 aliphatic rings. The van der Waals surface area contributed by atoms with Gasteiger partial charge < -0.3 is 10.4 Å². The van der Waals surface area contributed by atoms with Gasteiger partial charge >= 0.3 is 12.0 Å². The van der Waals surface area contributed by atoms with Crippen molar-refractivity contribution >= 4 is 12.0 Å². The molecule has 92 valence electrons. The van der Waals surface area contributed by atoms with Crippen molar-refractivity contribution in [1.82, 2.24) is 15.8 Å². The molecule has 1 heterocycles. The van der Waals surface area contributed by atoms with Gasteiger partial charge in [-0.25, -0.2) is 15.1 Å². The van der Waals surface area contributed by atoms with Gasteiger partial charge in [-0.3, -0.25) is 9.82 Å². The fourth-order valence-corrected chi connectivity index (χ4v) is 1.05. The first-order valence-corrected chi connectivity index (χ1v) is 4.96. The second kappa shape index (κ2) is 7.18. The highest BCUT2D eigenvalue weighted by Gasteiger charge is 2.02. The Hall–Kier alpha value is -2.15. The Kier molecular flexibility index (Phi) is 5.45. The van der Waals surface area contributed by atoms with Crippen molar-refractivity contribution in [2.24, 2.45) is 0 Å². The second-order valence-electron chi connectivity index (χ2n) is 3.11. The van der Waals surface area contributed by atoms with Gasteiger partial charge in [-0.05, 0) is 12.1 Å². The fraction of sp³-hybridized carbons (Fsp3) is 0.300. The molecule has 7 heteroatoms. The van der Waals surface area contributed by atoms with E-state index < -0.39 is 18.6 Å². The molecule has 0 atom stereocenters. The second-order valence-corrected chi connectivity index (χ2v) is 3.11. The molecule has 0 radical (unpaired) electrons. The molecule has 1 rings (SSSR count). The first-order chi connectivity index (χ1) is 8.18. The molecule has 2 amide bonds.